The molecule has 0 bridgehead atoms. The topological polar surface area (TPSA) is 107 Å². The number of hydrazone groups is 1. The molecule has 0 heterocycles. The molecule has 10 heteroatoms. The summed E-state index contributed by atoms with van der Waals surface area (Å²) in [5.41, 5.74) is 5.25. The maximum absolute atomic E-state index is 12.6. The van der Waals surface area contributed by atoms with Crippen molar-refractivity contribution in [2.24, 2.45) is 5.10 Å². The number of aryl methyl sites for hydroxylation is 1. The maximum atomic E-state index is 12.6. The lowest BCUT2D eigenvalue weighted by molar-refractivity contribution is -0.118. The number of methoxy groups -OCH3 is 1. The van der Waals surface area contributed by atoms with Gasteiger partial charge in [0, 0.05) is 11.3 Å². The number of anilines is 1. The molecule has 3 aromatic carbocycles. The summed E-state index contributed by atoms with van der Waals surface area (Å²) in [4.78, 5) is 24.9. The number of amides is 2. The Balaban J connectivity index is 1.63. The van der Waals surface area contributed by atoms with Crippen LogP contribution in [0.25, 0.3) is 0 Å². The molecule has 0 fully saturated rings. The van der Waals surface area contributed by atoms with Crippen LogP contribution in [-0.4, -0.2) is 45.0 Å². The van der Waals surface area contributed by atoms with Gasteiger partial charge >= 0.3 is 0 Å². The van der Waals surface area contributed by atoms with E-state index in [0.717, 1.165) is 5.56 Å². The number of nitrogens with one attached hydrogen (secondary N) is 2. The molecule has 2 N–H and O–H groups in total. The zero-order valence-corrected chi connectivity index (χ0v) is 23.5. The van der Waals surface area contributed by atoms with Gasteiger partial charge in [-0.1, -0.05) is 30.4 Å². The lowest BCUT2D eigenvalue weighted by Gasteiger charge is -2.13. The van der Waals surface area contributed by atoms with Crippen LogP contribution in [0.4, 0.5) is 5.69 Å². The fourth-order valence-electron chi connectivity index (χ4n) is 3.34. The zero-order chi connectivity index (χ0) is 28.2. The molecule has 3 aromatic rings. The Bertz CT molecular complexity index is 1340. The molecule has 0 atom stereocenters. The summed E-state index contributed by atoms with van der Waals surface area (Å²) in [6.07, 6.45) is 3.09. The monoisotopic (exact) mass is 595 g/mol. The lowest BCUT2D eigenvalue weighted by atomic mass is 10.2. The van der Waals surface area contributed by atoms with Crippen LogP contribution < -0.4 is 29.7 Å². The van der Waals surface area contributed by atoms with Crippen molar-refractivity contribution in [1.82, 2.24) is 5.43 Å². The van der Waals surface area contributed by atoms with E-state index in [-0.39, 0.29) is 12.5 Å². The van der Waals surface area contributed by atoms with Gasteiger partial charge in [-0.2, -0.15) is 5.10 Å². The first kappa shape index (κ1) is 29.2. The largest absolute Gasteiger partial charge is 0.493 e. The van der Waals surface area contributed by atoms with Crippen molar-refractivity contribution in [2.75, 3.05) is 32.2 Å². The maximum Gasteiger partial charge on any atom is 0.271 e. The van der Waals surface area contributed by atoms with Crippen LogP contribution in [0.15, 0.2) is 76.8 Å². The average Bonchev–Trinajstić information content (AvgIpc) is 2.92. The van der Waals surface area contributed by atoms with Gasteiger partial charge < -0.3 is 24.3 Å². The Hall–Kier alpha value is -4.31. The number of hydrogen-bond donors (Lipinski definition) is 2. The van der Waals surface area contributed by atoms with E-state index in [4.69, 9.17) is 18.9 Å². The highest BCUT2D eigenvalue weighted by atomic mass is 79.9. The molecule has 0 aliphatic rings. The molecule has 0 radical (unpaired) electrons. The molecule has 0 aliphatic heterocycles. The predicted octanol–water partition coefficient (Wildman–Crippen LogP) is 5.51. The highest BCUT2D eigenvalue weighted by molar-refractivity contribution is 9.10. The highest BCUT2D eigenvalue weighted by Gasteiger charge is 2.14. The molecule has 3 rings (SSSR count). The van der Waals surface area contributed by atoms with Crippen LogP contribution in [0, 0.1) is 6.92 Å². The van der Waals surface area contributed by atoms with Gasteiger partial charge in [-0.05, 0) is 77.8 Å². The zero-order valence-electron chi connectivity index (χ0n) is 22.0. The van der Waals surface area contributed by atoms with Gasteiger partial charge in [-0.3, -0.25) is 9.59 Å². The van der Waals surface area contributed by atoms with Gasteiger partial charge in [0.05, 0.1) is 24.4 Å². The van der Waals surface area contributed by atoms with Crippen LogP contribution in [0.2, 0.25) is 0 Å². The fraction of sp³-hybridized carbons (Fsp3) is 0.207. The highest BCUT2D eigenvalue weighted by Crippen LogP contribution is 2.36. The van der Waals surface area contributed by atoms with E-state index in [1.165, 1.54) is 13.3 Å². The smallest absolute Gasteiger partial charge is 0.271 e. The Kier molecular flexibility index (Phi) is 10.9. The third-order valence-electron chi connectivity index (χ3n) is 5.18. The van der Waals surface area contributed by atoms with Gasteiger partial charge in [-0.15, -0.1) is 0 Å². The summed E-state index contributed by atoms with van der Waals surface area (Å²) in [6, 6.07) is 15.7. The molecule has 0 saturated heterocycles. The second-order valence-corrected chi connectivity index (χ2v) is 8.98. The molecule has 39 heavy (non-hydrogen) atoms. The van der Waals surface area contributed by atoms with Crippen LogP contribution in [0.1, 0.15) is 28.4 Å². The first-order chi connectivity index (χ1) is 18.8. The number of benzene rings is 3. The van der Waals surface area contributed by atoms with E-state index in [0.29, 0.717) is 57.5 Å². The van der Waals surface area contributed by atoms with E-state index in [2.05, 4.69) is 38.4 Å². The predicted molar refractivity (Wildman–Crippen MR) is 154 cm³/mol. The number of carbonyl (C=O) groups is 2. The molecule has 0 aromatic heterocycles. The van der Waals surface area contributed by atoms with Crippen LogP contribution in [0.3, 0.4) is 0 Å². The third-order valence-corrected chi connectivity index (χ3v) is 5.77. The molecule has 9 nitrogen and oxygen atoms in total. The number of hydrogen-bond acceptors (Lipinski definition) is 7. The lowest BCUT2D eigenvalue weighted by Crippen LogP contribution is -2.20. The molecular formula is C29H30BrN3O6. The first-order valence-electron chi connectivity index (χ1n) is 12.0. The molecule has 0 saturated carbocycles. The molecule has 0 spiro atoms. The van der Waals surface area contributed by atoms with E-state index >= 15 is 0 Å². The van der Waals surface area contributed by atoms with Gasteiger partial charge in [0.2, 0.25) is 0 Å². The summed E-state index contributed by atoms with van der Waals surface area (Å²) in [7, 11) is 1.49. The molecule has 204 valence electrons. The van der Waals surface area contributed by atoms with Crippen molar-refractivity contribution in [3.8, 4) is 23.0 Å². The van der Waals surface area contributed by atoms with Crippen LogP contribution in [0.5, 0.6) is 23.0 Å². The number of carbonyl (C=O) groups excluding carboxylic acids is 2. The second kappa shape index (κ2) is 14.6. The summed E-state index contributed by atoms with van der Waals surface area (Å²) in [5, 5.41) is 6.83. The number of nitrogens with zero attached hydrogens (tertiary/aromatic N) is 1. The summed E-state index contributed by atoms with van der Waals surface area (Å²) < 4.78 is 22.8. The third kappa shape index (κ3) is 8.61. The van der Waals surface area contributed by atoms with E-state index in [1.807, 2.05) is 38.1 Å². The Morgan fingerprint density at radius 2 is 1.77 bits per heavy atom. The minimum Gasteiger partial charge on any atom is -0.493 e. The van der Waals surface area contributed by atoms with Gasteiger partial charge in [0.1, 0.15) is 6.61 Å². The molecule has 2 amide bonds. The van der Waals surface area contributed by atoms with Crippen molar-refractivity contribution in [2.45, 2.75) is 13.8 Å². The summed E-state index contributed by atoms with van der Waals surface area (Å²) in [6.45, 7) is 7.97. The summed E-state index contributed by atoms with van der Waals surface area (Å²) in [5.74, 6) is 0.982. The standard InChI is InChI=1S/C29H30BrN3O6/c1-5-13-38-24-12-9-21(16-25(24)37-6-2)29(35)33-31-17-20-14-23(30)28(26(15-20)36-4)39-18-27(34)32-22-10-7-19(3)8-11-22/h5,7-12,14-17H,1,6,13,18H2,2-4H3,(H,32,34)(H,33,35)/b31-17+. The summed E-state index contributed by atoms with van der Waals surface area (Å²) >= 11 is 3.45. The van der Waals surface area contributed by atoms with Crippen LogP contribution in [-0.2, 0) is 4.79 Å². The van der Waals surface area contributed by atoms with Crippen LogP contribution >= 0.6 is 15.9 Å². The quantitative estimate of drug-likeness (QED) is 0.153. The normalized spacial score (nSPS) is 10.6. The van der Waals surface area contributed by atoms with Crippen molar-refractivity contribution >= 4 is 39.6 Å². The Morgan fingerprint density at radius 1 is 1.00 bits per heavy atom. The average molecular weight is 596 g/mol. The minimum absolute atomic E-state index is 0.215. The van der Waals surface area contributed by atoms with Gasteiger partial charge in [0.25, 0.3) is 11.8 Å². The Labute approximate surface area is 235 Å². The SMILES string of the molecule is C=CCOc1ccc(C(=O)N/N=C/c2cc(Br)c(OCC(=O)Nc3ccc(C)cc3)c(OC)c2)cc1OCC. The van der Waals surface area contributed by atoms with Crippen molar-refractivity contribution in [3.63, 3.8) is 0 Å². The Morgan fingerprint density at radius 3 is 2.46 bits per heavy atom. The van der Waals surface area contributed by atoms with E-state index < -0.39 is 5.91 Å². The van der Waals surface area contributed by atoms with Gasteiger partial charge in [0.15, 0.2) is 29.6 Å². The van der Waals surface area contributed by atoms with Crippen molar-refractivity contribution in [3.05, 3.63) is 88.4 Å². The number of halogens is 1. The number of ether oxygens (including phenoxy) is 4. The molecular weight excluding hydrogens is 566 g/mol. The minimum atomic E-state index is -0.423. The van der Waals surface area contributed by atoms with Gasteiger partial charge in [-0.25, -0.2) is 5.43 Å². The van der Waals surface area contributed by atoms with E-state index in [9.17, 15) is 9.59 Å². The fourth-order valence-corrected chi connectivity index (χ4v) is 3.92. The molecule has 0 aliphatic carbocycles. The van der Waals surface area contributed by atoms with E-state index in [1.54, 1.807) is 36.4 Å². The molecule has 0 unspecified atom stereocenters. The first-order valence-corrected chi connectivity index (χ1v) is 12.8. The number of rotatable bonds is 13. The second-order valence-electron chi connectivity index (χ2n) is 8.13. The van der Waals surface area contributed by atoms with Crippen molar-refractivity contribution in [1.29, 1.82) is 0 Å². The van der Waals surface area contributed by atoms with Crippen molar-refractivity contribution < 1.29 is 28.5 Å².